The van der Waals surface area contributed by atoms with Crippen LogP contribution in [0.25, 0.3) is 0 Å². The molecule has 6 nitrogen and oxygen atoms in total. The van der Waals surface area contributed by atoms with Crippen molar-refractivity contribution in [1.29, 1.82) is 0 Å². The van der Waals surface area contributed by atoms with Crippen LogP contribution in [0.3, 0.4) is 0 Å². The second-order valence-corrected chi connectivity index (χ2v) is 6.29. The molecule has 7 heteroatoms. The summed E-state index contributed by atoms with van der Waals surface area (Å²) in [4.78, 5) is 6.73. The quantitative estimate of drug-likeness (QED) is 0.397. The van der Waals surface area contributed by atoms with Gasteiger partial charge < -0.3 is 20.1 Å². The van der Waals surface area contributed by atoms with Gasteiger partial charge in [-0.3, -0.25) is 4.99 Å². The standard InChI is InChI=1S/C17H31N5O.HI/c1-5-15-14(16(6-2)23-21-15)12-20-17(18-3)19-11-13-7-9-22(4)10-8-13;/h13H,5-12H2,1-4H3,(H2,18,19,20);1H. The summed E-state index contributed by atoms with van der Waals surface area (Å²) in [5, 5.41) is 11.0. The van der Waals surface area contributed by atoms with Gasteiger partial charge in [0.15, 0.2) is 5.96 Å². The molecule has 0 amide bonds. The van der Waals surface area contributed by atoms with Gasteiger partial charge >= 0.3 is 0 Å². The fraction of sp³-hybridized carbons (Fsp3) is 0.765. The minimum Gasteiger partial charge on any atom is -0.361 e. The molecule has 2 N–H and O–H groups in total. The lowest BCUT2D eigenvalue weighted by Gasteiger charge is -2.29. The SMILES string of the molecule is CCc1noc(CC)c1CNC(=NC)NCC1CCN(C)CC1.I. The van der Waals surface area contributed by atoms with E-state index in [0.29, 0.717) is 6.54 Å². The van der Waals surface area contributed by atoms with E-state index in [1.165, 1.54) is 31.5 Å². The molecule has 0 spiro atoms. The summed E-state index contributed by atoms with van der Waals surface area (Å²) in [6, 6.07) is 0. The van der Waals surface area contributed by atoms with E-state index in [0.717, 1.165) is 42.7 Å². The molecule has 1 fully saturated rings. The average molecular weight is 449 g/mol. The van der Waals surface area contributed by atoms with Crippen LogP contribution in [0.4, 0.5) is 0 Å². The third-order valence-electron chi connectivity index (χ3n) is 4.66. The predicted molar refractivity (Wildman–Crippen MR) is 109 cm³/mol. The highest BCUT2D eigenvalue weighted by Gasteiger charge is 2.17. The summed E-state index contributed by atoms with van der Waals surface area (Å²) in [5.41, 5.74) is 2.22. The predicted octanol–water partition coefficient (Wildman–Crippen LogP) is 2.42. The fourth-order valence-electron chi connectivity index (χ4n) is 3.04. The third kappa shape index (κ3) is 5.91. The van der Waals surface area contributed by atoms with E-state index in [1.54, 1.807) is 0 Å². The van der Waals surface area contributed by atoms with Gasteiger partial charge in [-0.15, -0.1) is 24.0 Å². The molecule has 1 aliphatic heterocycles. The number of guanidine groups is 1. The van der Waals surface area contributed by atoms with E-state index in [4.69, 9.17) is 4.52 Å². The number of aromatic nitrogens is 1. The molecule has 0 aromatic carbocycles. The molecule has 0 aliphatic carbocycles. The number of aliphatic imine (C=N–C) groups is 1. The monoisotopic (exact) mass is 449 g/mol. The van der Waals surface area contributed by atoms with Gasteiger partial charge in [0.2, 0.25) is 0 Å². The van der Waals surface area contributed by atoms with Crippen LogP contribution < -0.4 is 10.6 Å². The summed E-state index contributed by atoms with van der Waals surface area (Å²) in [7, 11) is 4.01. The molecule has 2 heterocycles. The summed E-state index contributed by atoms with van der Waals surface area (Å²) >= 11 is 0. The maximum absolute atomic E-state index is 5.41. The number of aryl methyl sites for hydroxylation is 2. The van der Waals surface area contributed by atoms with Gasteiger partial charge in [-0.25, -0.2) is 0 Å². The number of rotatable bonds is 6. The van der Waals surface area contributed by atoms with Crippen molar-refractivity contribution in [3.8, 4) is 0 Å². The first kappa shape index (κ1) is 21.2. The van der Waals surface area contributed by atoms with Crippen molar-refractivity contribution in [2.24, 2.45) is 10.9 Å². The molecule has 0 unspecified atom stereocenters. The largest absolute Gasteiger partial charge is 0.361 e. The zero-order valence-corrected chi connectivity index (χ0v) is 17.7. The lowest BCUT2D eigenvalue weighted by molar-refractivity contribution is 0.220. The molecule has 24 heavy (non-hydrogen) atoms. The Hall–Kier alpha value is -0.830. The molecular formula is C17H32IN5O. The molecule has 1 aliphatic rings. The molecular weight excluding hydrogens is 417 g/mol. The van der Waals surface area contributed by atoms with Gasteiger partial charge in [0.25, 0.3) is 0 Å². The molecule has 0 bridgehead atoms. The smallest absolute Gasteiger partial charge is 0.191 e. The van der Waals surface area contributed by atoms with Crippen LogP contribution in [0.5, 0.6) is 0 Å². The molecule has 0 atom stereocenters. The van der Waals surface area contributed by atoms with Crippen LogP contribution in [-0.2, 0) is 19.4 Å². The lowest BCUT2D eigenvalue weighted by Crippen LogP contribution is -2.42. The van der Waals surface area contributed by atoms with Crippen molar-refractivity contribution >= 4 is 29.9 Å². The molecule has 1 saturated heterocycles. The van der Waals surface area contributed by atoms with Crippen molar-refractivity contribution in [2.75, 3.05) is 33.7 Å². The minimum atomic E-state index is 0. The Morgan fingerprint density at radius 1 is 1.25 bits per heavy atom. The first-order valence-corrected chi connectivity index (χ1v) is 8.77. The lowest BCUT2D eigenvalue weighted by atomic mass is 9.97. The first-order chi connectivity index (χ1) is 11.2. The number of nitrogens with zero attached hydrogens (tertiary/aromatic N) is 3. The highest BCUT2D eigenvalue weighted by molar-refractivity contribution is 14.0. The topological polar surface area (TPSA) is 65.7 Å². The number of hydrogen-bond acceptors (Lipinski definition) is 4. The van der Waals surface area contributed by atoms with Crippen LogP contribution in [0.15, 0.2) is 9.52 Å². The maximum Gasteiger partial charge on any atom is 0.191 e. The van der Waals surface area contributed by atoms with Crippen molar-refractivity contribution in [3.63, 3.8) is 0 Å². The van der Waals surface area contributed by atoms with Gasteiger partial charge in [0.05, 0.1) is 5.69 Å². The molecule has 138 valence electrons. The zero-order valence-electron chi connectivity index (χ0n) is 15.4. The van der Waals surface area contributed by atoms with Crippen molar-refractivity contribution < 1.29 is 4.52 Å². The van der Waals surface area contributed by atoms with E-state index >= 15 is 0 Å². The van der Waals surface area contributed by atoms with Crippen molar-refractivity contribution in [2.45, 2.75) is 46.1 Å². The number of halogens is 1. The highest BCUT2D eigenvalue weighted by atomic mass is 127. The summed E-state index contributed by atoms with van der Waals surface area (Å²) < 4.78 is 5.41. The Kier molecular flexibility index (Phi) is 9.65. The number of nitrogens with one attached hydrogen (secondary N) is 2. The Morgan fingerprint density at radius 3 is 2.54 bits per heavy atom. The Labute approximate surface area is 162 Å². The average Bonchev–Trinajstić information content (AvgIpc) is 2.98. The molecule has 1 aromatic rings. The Bertz CT molecular complexity index is 488. The highest BCUT2D eigenvalue weighted by Crippen LogP contribution is 2.16. The number of piperidine rings is 1. The third-order valence-corrected chi connectivity index (χ3v) is 4.66. The van der Waals surface area contributed by atoms with Crippen LogP contribution in [0.2, 0.25) is 0 Å². The first-order valence-electron chi connectivity index (χ1n) is 8.77. The van der Waals surface area contributed by atoms with E-state index < -0.39 is 0 Å². The van der Waals surface area contributed by atoms with Crippen LogP contribution >= 0.6 is 24.0 Å². The van der Waals surface area contributed by atoms with E-state index in [-0.39, 0.29) is 24.0 Å². The number of likely N-dealkylation sites (tertiary alicyclic amines) is 1. The molecule has 0 saturated carbocycles. The Balaban J connectivity index is 0.00000288. The van der Waals surface area contributed by atoms with Gasteiger partial charge in [-0.2, -0.15) is 0 Å². The van der Waals surface area contributed by atoms with Crippen LogP contribution in [-0.4, -0.2) is 49.7 Å². The number of hydrogen-bond donors (Lipinski definition) is 2. The van der Waals surface area contributed by atoms with Gasteiger partial charge in [-0.1, -0.05) is 19.0 Å². The maximum atomic E-state index is 5.41. The summed E-state index contributed by atoms with van der Waals surface area (Å²) in [6.45, 7) is 8.28. The van der Waals surface area contributed by atoms with Crippen molar-refractivity contribution in [1.82, 2.24) is 20.7 Å². The second kappa shape index (κ2) is 10.9. The second-order valence-electron chi connectivity index (χ2n) is 6.29. The minimum absolute atomic E-state index is 0. The van der Waals surface area contributed by atoms with Crippen LogP contribution in [0, 0.1) is 5.92 Å². The van der Waals surface area contributed by atoms with E-state index in [9.17, 15) is 0 Å². The van der Waals surface area contributed by atoms with Crippen molar-refractivity contribution in [3.05, 3.63) is 17.0 Å². The zero-order chi connectivity index (χ0) is 16.7. The van der Waals surface area contributed by atoms with Gasteiger partial charge in [0.1, 0.15) is 5.76 Å². The fourth-order valence-corrected chi connectivity index (χ4v) is 3.04. The summed E-state index contributed by atoms with van der Waals surface area (Å²) in [6.07, 6.45) is 4.27. The molecule has 1 aromatic heterocycles. The van der Waals surface area contributed by atoms with Gasteiger partial charge in [0, 0.05) is 32.1 Å². The Morgan fingerprint density at radius 2 is 1.96 bits per heavy atom. The summed E-state index contributed by atoms with van der Waals surface area (Å²) in [5.74, 6) is 2.56. The normalized spacial score (nSPS) is 16.8. The molecule has 2 rings (SSSR count). The molecule has 0 radical (unpaired) electrons. The van der Waals surface area contributed by atoms with Crippen LogP contribution in [0.1, 0.15) is 43.7 Å². The van der Waals surface area contributed by atoms with E-state index in [2.05, 4.69) is 46.6 Å². The van der Waals surface area contributed by atoms with E-state index in [1.807, 2.05) is 7.05 Å². The van der Waals surface area contributed by atoms with Gasteiger partial charge in [-0.05, 0) is 45.3 Å².